The third-order valence-electron chi connectivity index (χ3n) is 4.32. The molecular weight excluding hydrogens is 428 g/mol. The van der Waals surface area contributed by atoms with Crippen molar-refractivity contribution in [1.29, 1.82) is 0 Å². The molecule has 1 heterocycles. The van der Waals surface area contributed by atoms with Gasteiger partial charge in [-0.3, -0.25) is 9.52 Å². The monoisotopic (exact) mass is 444 g/mol. The third kappa shape index (κ3) is 4.50. The lowest BCUT2D eigenvalue weighted by molar-refractivity contribution is 0.102. The van der Waals surface area contributed by atoms with Crippen LogP contribution in [-0.2, 0) is 10.0 Å². The number of ether oxygens (including phenoxy) is 2. The lowest BCUT2D eigenvalue weighted by Crippen LogP contribution is -2.16. The number of benzene rings is 3. The van der Waals surface area contributed by atoms with Crippen LogP contribution >= 0.6 is 11.6 Å². The lowest BCUT2D eigenvalue weighted by Gasteiger charge is -2.19. The second-order valence-corrected chi connectivity index (χ2v) is 8.57. The summed E-state index contributed by atoms with van der Waals surface area (Å²) in [5.41, 5.74) is 1.27. The first-order valence-corrected chi connectivity index (χ1v) is 10.9. The molecule has 0 spiro atoms. The molecule has 3 aromatic carbocycles. The molecule has 0 fully saturated rings. The summed E-state index contributed by atoms with van der Waals surface area (Å²) in [5.74, 6) is 0.876. The molecule has 0 radical (unpaired) electrons. The molecule has 4 rings (SSSR count). The minimum absolute atomic E-state index is 0.0901. The number of amides is 1. The zero-order valence-corrected chi connectivity index (χ0v) is 17.2. The molecule has 1 aliphatic heterocycles. The average molecular weight is 445 g/mol. The molecule has 1 amide bonds. The standard InChI is InChI=1S/C21H17ClN2O5S/c22-15-3-8-18(9-4-15)30(26,27)24-16-5-1-14(2-6-16)21(25)23-17-7-10-19-20(13-17)29-12-11-28-19/h1-10,13,24H,11-12H2,(H,23,25). The summed E-state index contributed by atoms with van der Waals surface area (Å²) in [5, 5.41) is 3.23. The summed E-state index contributed by atoms with van der Waals surface area (Å²) in [4.78, 5) is 12.6. The number of carbonyl (C=O) groups excluding carboxylic acids is 1. The molecule has 0 saturated carbocycles. The van der Waals surface area contributed by atoms with Gasteiger partial charge < -0.3 is 14.8 Å². The third-order valence-corrected chi connectivity index (χ3v) is 5.97. The van der Waals surface area contributed by atoms with Crippen molar-refractivity contribution in [1.82, 2.24) is 0 Å². The minimum atomic E-state index is -3.76. The fraction of sp³-hybridized carbons (Fsp3) is 0.0952. The Morgan fingerprint density at radius 1 is 0.833 bits per heavy atom. The Hall–Kier alpha value is -3.23. The van der Waals surface area contributed by atoms with E-state index >= 15 is 0 Å². The van der Waals surface area contributed by atoms with Crippen LogP contribution in [0.2, 0.25) is 5.02 Å². The largest absolute Gasteiger partial charge is 0.486 e. The highest BCUT2D eigenvalue weighted by Gasteiger charge is 2.16. The van der Waals surface area contributed by atoms with Crippen LogP contribution in [0.15, 0.2) is 71.6 Å². The number of fused-ring (bicyclic) bond motifs is 1. The number of hydrogen-bond acceptors (Lipinski definition) is 5. The van der Waals surface area contributed by atoms with E-state index in [-0.39, 0.29) is 10.8 Å². The van der Waals surface area contributed by atoms with Crippen molar-refractivity contribution < 1.29 is 22.7 Å². The Kier molecular flexibility index (Phi) is 5.52. The maximum absolute atomic E-state index is 12.5. The normalized spacial score (nSPS) is 12.8. The van der Waals surface area contributed by atoms with Crippen LogP contribution in [0.5, 0.6) is 11.5 Å². The maximum Gasteiger partial charge on any atom is 0.261 e. The number of nitrogens with one attached hydrogen (secondary N) is 2. The Bertz CT molecular complexity index is 1180. The molecule has 3 aromatic rings. The highest BCUT2D eigenvalue weighted by molar-refractivity contribution is 7.92. The smallest absolute Gasteiger partial charge is 0.261 e. The van der Waals surface area contributed by atoms with E-state index in [0.29, 0.717) is 46.7 Å². The average Bonchev–Trinajstić information content (AvgIpc) is 2.74. The zero-order valence-electron chi connectivity index (χ0n) is 15.6. The van der Waals surface area contributed by atoms with Crippen molar-refractivity contribution in [3.05, 3.63) is 77.3 Å². The van der Waals surface area contributed by atoms with Crippen molar-refractivity contribution in [3.8, 4) is 11.5 Å². The van der Waals surface area contributed by atoms with E-state index in [9.17, 15) is 13.2 Å². The summed E-state index contributed by atoms with van der Waals surface area (Å²) < 4.78 is 38.3. The van der Waals surface area contributed by atoms with Gasteiger partial charge in [0.2, 0.25) is 0 Å². The fourth-order valence-electron chi connectivity index (χ4n) is 2.84. The van der Waals surface area contributed by atoms with E-state index in [1.807, 2.05) is 0 Å². The first-order chi connectivity index (χ1) is 14.4. The van der Waals surface area contributed by atoms with Crippen LogP contribution in [0.1, 0.15) is 10.4 Å². The fourth-order valence-corrected chi connectivity index (χ4v) is 4.03. The number of rotatable bonds is 5. The highest BCUT2D eigenvalue weighted by atomic mass is 35.5. The first-order valence-electron chi connectivity index (χ1n) is 9.00. The molecule has 0 bridgehead atoms. The lowest BCUT2D eigenvalue weighted by atomic mass is 10.2. The zero-order chi connectivity index (χ0) is 21.1. The van der Waals surface area contributed by atoms with Crippen molar-refractivity contribution >= 4 is 38.9 Å². The predicted octanol–water partition coefficient (Wildman–Crippen LogP) is 4.16. The van der Waals surface area contributed by atoms with Gasteiger partial charge in [0.1, 0.15) is 13.2 Å². The second kappa shape index (κ2) is 8.25. The number of anilines is 2. The number of halogens is 1. The summed E-state index contributed by atoms with van der Waals surface area (Å²) in [6.45, 7) is 0.949. The van der Waals surface area contributed by atoms with Crippen LogP contribution in [0.4, 0.5) is 11.4 Å². The second-order valence-electron chi connectivity index (χ2n) is 6.45. The van der Waals surface area contributed by atoms with Crippen molar-refractivity contribution in [2.45, 2.75) is 4.90 Å². The van der Waals surface area contributed by atoms with Gasteiger partial charge in [0, 0.05) is 28.0 Å². The van der Waals surface area contributed by atoms with Gasteiger partial charge in [-0.1, -0.05) is 11.6 Å². The predicted molar refractivity (Wildman–Crippen MR) is 114 cm³/mol. The molecule has 9 heteroatoms. The molecule has 0 aliphatic carbocycles. The Labute approximate surface area is 178 Å². The van der Waals surface area contributed by atoms with E-state index in [0.717, 1.165) is 0 Å². The SMILES string of the molecule is O=C(Nc1ccc2c(c1)OCCO2)c1ccc(NS(=O)(=O)c2ccc(Cl)cc2)cc1. The molecular formula is C21H17ClN2O5S. The maximum atomic E-state index is 12.5. The van der Waals surface area contributed by atoms with Gasteiger partial charge in [-0.05, 0) is 60.7 Å². The number of carbonyl (C=O) groups is 1. The summed E-state index contributed by atoms with van der Waals surface area (Å²) in [6.07, 6.45) is 0. The van der Waals surface area contributed by atoms with E-state index in [4.69, 9.17) is 21.1 Å². The topological polar surface area (TPSA) is 93.7 Å². The quantitative estimate of drug-likeness (QED) is 0.616. The van der Waals surface area contributed by atoms with Crippen LogP contribution in [-0.4, -0.2) is 27.5 Å². The van der Waals surface area contributed by atoms with Gasteiger partial charge in [-0.15, -0.1) is 0 Å². The summed E-state index contributed by atoms with van der Waals surface area (Å²) >= 11 is 5.80. The van der Waals surface area contributed by atoms with Crippen molar-refractivity contribution in [2.75, 3.05) is 23.3 Å². The molecule has 0 atom stereocenters. The molecule has 7 nitrogen and oxygen atoms in total. The molecule has 30 heavy (non-hydrogen) atoms. The number of sulfonamides is 1. The van der Waals surface area contributed by atoms with Gasteiger partial charge in [0.05, 0.1) is 4.90 Å². The molecule has 1 aliphatic rings. The van der Waals surface area contributed by atoms with Crippen molar-refractivity contribution in [2.24, 2.45) is 0 Å². The van der Waals surface area contributed by atoms with Gasteiger partial charge in [-0.2, -0.15) is 0 Å². The Morgan fingerprint density at radius 2 is 1.47 bits per heavy atom. The van der Waals surface area contributed by atoms with E-state index in [1.54, 1.807) is 18.2 Å². The van der Waals surface area contributed by atoms with Gasteiger partial charge in [-0.25, -0.2) is 8.42 Å². The summed E-state index contributed by atoms with van der Waals surface area (Å²) in [6, 6.07) is 17.1. The first kappa shape index (κ1) is 20.1. The van der Waals surface area contributed by atoms with Crippen LogP contribution in [0.3, 0.4) is 0 Å². The Morgan fingerprint density at radius 3 is 2.17 bits per heavy atom. The van der Waals surface area contributed by atoms with Crippen LogP contribution in [0, 0.1) is 0 Å². The van der Waals surface area contributed by atoms with E-state index < -0.39 is 10.0 Å². The molecule has 0 aromatic heterocycles. The highest BCUT2D eigenvalue weighted by Crippen LogP contribution is 2.32. The van der Waals surface area contributed by atoms with E-state index in [2.05, 4.69) is 10.0 Å². The molecule has 0 unspecified atom stereocenters. The molecule has 2 N–H and O–H groups in total. The van der Waals surface area contributed by atoms with Crippen LogP contribution < -0.4 is 19.5 Å². The van der Waals surface area contributed by atoms with Gasteiger partial charge in [0.25, 0.3) is 15.9 Å². The molecule has 0 saturated heterocycles. The van der Waals surface area contributed by atoms with Crippen molar-refractivity contribution in [3.63, 3.8) is 0 Å². The van der Waals surface area contributed by atoms with Gasteiger partial charge >= 0.3 is 0 Å². The van der Waals surface area contributed by atoms with E-state index in [1.165, 1.54) is 48.5 Å². The summed E-state index contributed by atoms with van der Waals surface area (Å²) in [7, 11) is -3.76. The minimum Gasteiger partial charge on any atom is -0.486 e. The molecule has 154 valence electrons. The van der Waals surface area contributed by atoms with Crippen LogP contribution in [0.25, 0.3) is 0 Å². The van der Waals surface area contributed by atoms with Gasteiger partial charge in [0.15, 0.2) is 11.5 Å². The Balaban J connectivity index is 1.44. The number of hydrogen-bond donors (Lipinski definition) is 2.